The predicted molar refractivity (Wildman–Crippen MR) is 96.8 cm³/mol. The summed E-state index contributed by atoms with van der Waals surface area (Å²) in [7, 11) is 0. The molecule has 3 nitrogen and oxygen atoms in total. The van der Waals surface area contributed by atoms with E-state index in [1.54, 1.807) is 12.3 Å². The second-order valence-corrected chi connectivity index (χ2v) is 6.77. The van der Waals surface area contributed by atoms with Gasteiger partial charge in [-0.15, -0.1) is 0 Å². The molecular formula is C21H21FN2O. The monoisotopic (exact) mass is 336 g/mol. The van der Waals surface area contributed by atoms with E-state index in [1.165, 1.54) is 22.5 Å². The zero-order valence-corrected chi connectivity index (χ0v) is 14.0. The second kappa shape index (κ2) is 6.90. The first kappa shape index (κ1) is 16.2. The van der Waals surface area contributed by atoms with Crippen molar-refractivity contribution in [3.63, 3.8) is 0 Å². The maximum absolute atomic E-state index is 13.8. The van der Waals surface area contributed by atoms with Gasteiger partial charge in [0.25, 0.3) is 0 Å². The van der Waals surface area contributed by atoms with Crippen LogP contribution < -0.4 is 0 Å². The van der Waals surface area contributed by atoms with Gasteiger partial charge >= 0.3 is 0 Å². The Hall–Kier alpha value is -2.30. The van der Waals surface area contributed by atoms with Crippen molar-refractivity contribution < 1.29 is 9.50 Å². The Morgan fingerprint density at radius 1 is 1.12 bits per heavy atom. The van der Waals surface area contributed by atoms with Gasteiger partial charge in [0.15, 0.2) is 0 Å². The van der Waals surface area contributed by atoms with Gasteiger partial charge in [-0.05, 0) is 35.4 Å². The molecule has 0 radical (unpaired) electrons. The van der Waals surface area contributed by atoms with Crippen molar-refractivity contribution in [2.45, 2.75) is 25.0 Å². The van der Waals surface area contributed by atoms with E-state index in [4.69, 9.17) is 0 Å². The average molecular weight is 336 g/mol. The molecule has 1 saturated heterocycles. The summed E-state index contributed by atoms with van der Waals surface area (Å²) < 4.78 is 13.8. The summed E-state index contributed by atoms with van der Waals surface area (Å²) in [5, 5.41) is 13.1. The topological polar surface area (TPSA) is 36.4 Å². The molecule has 1 aliphatic heterocycles. The first-order valence-electron chi connectivity index (χ1n) is 8.68. The number of hydrogen-bond acceptors (Lipinski definition) is 3. The zero-order valence-electron chi connectivity index (χ0n) is 14.0. The van der Waals surface area contributed by atoms with Crippen LogP contribution in [0.1, 0.15) is 23.5 Å². The second-order valence-electron chi connectivity index (χ2n) is 6.77. The van der Waals surface area contributed by atoms with Gasteiger partial charge in [-0.2, -0.15) is 0 Å². The third kappa shape index (κ3) is 3.41. The van der Waals surface area contributed by atoms with E-state index in [0.29, 0.717) is 18.7 Å². The molecule has 128 valence electrons. The molecule has 0 spiro atoms. The smallest absolute Gasteiger partial charge is 0.145 e. The Labute approximate surface area is 146 Å². The largest absolute Gasteiger partial charge is 0.391 e. The number of aliphatic hydroxyl groups excluding tert-OH is 1. The number of rotatable bonds is 3. The van der Waals surface area contributed by atoms with Crippen LogP contribution in [0.15, 0.2) is 60.9 Å². The number of likely N-dealkylation sites (tertiary alicyclic amines) is 1. The molecule has 0 saturated carbocycles. The summed E-state index contributed by atoms with van der Waals surface area (Å²) in [6, 6.07) is 16.4. The highest BCUT2D eigenvalue weighted by Gasteiger charge is 2.29. The first-order chi connectivity index (χ1) is 12.2. The predicted octanol–water partition coefficient (Wildman–Crippen LogP) is 3.72. The number of benzene rings is 2. The van der Waals surface area contributed by atoms with Crippen LogP contribution in [0.2, 0.25) is 0 Å². The minimum Gasteiger partial charge on any atom is -0.391 e. The van der Waals surface area contributed by atoms with Gasteiger partial charge < -0.3 is 5.11 Å². The number of aromatic nitrogens is 1. The molecule has 3 aromatic rings. The van der Waals surface area contributed by atoms with Crippen molar-refractivity contribution in [3.8, 4) is 0 Å². The van der Waals surface area contributed by atoms with E-state index >= 15 is 0 Å². The number of hydrogen-bond donors (Lipinski definition) is 1. The van der Waals surface area contributed by atoms with Crippen LogP contribution in [0.25, 0.3) is 10.8 Å². The molecule has 1 aliphatic rings. The van der Waals surface area contributed by atoms with Crippen LogP contribution in [-0.2, 0) is 6.54 Å². The lowest BCUT2D eigenvalue weighted by molar-refractivity contribution is 0.0472. The summed E-state index contributed by atoms with van der Waals surface area (Å²) in [5.41, 5.74) is 1.81. The van der Waals surface area contributed by atoms with E-state index in [-0.39, 0.29) is 11.7 Å². The van der Waals surface area contributed by atoms with Gasteiger partial charge in [-0.1, -0.05) is 42.5 Å². The number of fused-ring (bicyclic) bond motifs is 1. The Bertz CT molecular complexity index is 882. The molecule has 1 aromatic heterocycles. The quantitative estimate of drug-likeness (QED) is 0.792. The number of piperidine rings is 1. The van der Waals surface area contributed by atoms with E-state index in [0.717, 1.165) is 13.0 Å². The Morgan fingerprint density at radius 3 is 2.76 bits per heavy atom. The maximum Gasteiger partial charge on any atom is 0.145 e. The standard InChI is InChI=1S/C21H21FN2O/c22-20-12-23-9-7-18(20)13-24-10-8-19(21(25)14-24)17-6-5-15-3-1-2-4-16(15)11-17/h1-7,9,11-12,19,21,25H,8,10,13-14H2/t19-,21+/m0/s1. The summed E-state index contributed by atoms with van der Waals surface area (Å²) in [4.78, 5) is 5.90. The zero-order chi connectivity index (χ0) is 17.2. The molecule has 0 amide bonds. The fourth-order valence-corrected chi connectivity index (χ4v) is 3.74. The van der Waals surface area contributed by atoms with E-state index in [1.807, 2.05) is 12.1 Å². The molecule has 1 N–H and O–H groups in total. The van der Waals surface area contributed by atoms with Crippen molar-refractivity contribution in [3.05, 3.63) is 77.9 Å². The summed E-state index contributed by atoms with van der Waals surface area (Å²) in [5.74, 6) is -0.156. The lowest BCUT2D eigenvalue weighted by Crippen LogP contribution is -2.42. The van der Waals surface area contributed by atoms with Crippen LogP contribution in [-0.4, -0.2) is 34.2 Å². The minimum absolute atomic E-state index is 0.128. The van der Waals surface area contributed by atoms with Crippen molar-refractivity contribution >= 4 is 10.8 Å². The number of nitrogens with zero attached hydrogens (tertiary/aromatic N) is 2. The third-order valence-electron chi connectivity index (χ3n) is 5.12. The van der Waals surface area contributed by atoms with Crippen LogP contribution in [0.4, 0.5) is 4.39 Å². The molecule has 2 aromatic carbocycles. The number of aliphatic hydroxyl groups is 1. The lowest BCUT2D eigenvalue weighted by atomic mass is 9.86. The highest BCUT2D eigenvalue weighted by molar-refractivity contribution is 5.83. The first-order valence-corrected chi connectivity index (χ1v) is 8.68. The summed E-state index contributed by atoms with van der Waals surface area (Å²) >= 11 is 0. The van der Waals surface area contributed by atoms with Crippen LogP contribution in [0.3, 0.4) is 0 Å². The van der Waals surface area contributed by atoms with Gasteiger partial charge in [0, 0.05) is 30.8 Å². The minimum atomic E-state index is -0.445. The van der Waals surface area contributed by atoms with Crippen molar-refractivity contribution in [2.24, 2.45) is 0 Å². The number of halogens is 1. The molecular weight excluding hydrogens is 315 g/mol. The third-order valence-corrected chi connectivity index (χ3v) is 5.12. The molecule has 0 aliphatic carbocycles. The van der Waals surface area contributed by atoms with Gasteiger partial charge in [0.2, 0.25) is 0 Å². The Morgan fingerprint density at radius 2 is 1.96 bits per heavy atom. The summed E-state index contributed by atoms with van der Waals surface area (Å²) in [6.07, 6.45) is 3.27. The van der Waals surface area contributed by atoms with Gasteiger partial charge in [-0.25, -0.2) is 4.39 Å². The molecule has 0 bridgehead atoms. The highest BCUT2D eigenvalue weighted by Crippen LogP contribution is 2.31. The molecule has 25 heavy (non-hydrogen) atoms. The van der Waals surface area contributed by atoms with Crippen molar-refractivity contribution in [1.82, 2.24) is 9.88 Å². The van der Waals surface area contributed by atoms with Gasteiger partial charge in [0.05, 0.1) is 12.3 Å². The maximum atomic E-state index is 13.8. The van der Waals surface area contributed by atoms with Crippen molar-refractivity contribution in [1.29, 1.82) is 0 Å². The molecule has 0 unspecified atom stereocenters. The average Bonchev–Trinajstić information content (AvgIpc) is 2.63. The van der Waals surface area contributed by atoms with Gasteiger partial charge in [-0.3, -0.25) is 9.88 Å². The lowest BCUT2D eigenvalue weighted by Gasteiger charge is -2.36. The van der Waals surface area contributed by atoms with Crippen LogP contribution in [0, 0.1) is 5.82 Å². The molecule has 4 rings (SSSR count). The van der Waals surface area contributed by atoms with E-state index in [9.17, 15) is 9.50 Å². The molecule has 4 heteroatoms. The fraction of sp³-hybridized carbons (Fsp3) is 0.286. The van der Waals surface area contributed by atoms with Crippen LogP contribution >= 0.6 is 0 Å². The van der Waals surface area contributed by atoms with Gasteiger partial charge in [0.1, 0.15) is 5.82 Å². The van der Waals surface area contributed by atoms with E-state index in [2.05, 4.69) is 40.2 Å². The SMILES string of the molecule is O[C@@H]1CN(Cc2ccncc2F)CC[C@H]1c1ccc2ccccc2c1. The van der Waals surface area contributed by atoms with Crippen LogP contribution in [0.5, 0.6) is 0 Å². The number of β-amino-alcohol motifs (C(OH)–C–C–N with tert-alkyl or cyclic N) is 1. The fourth-order valence-electron chi connectivity index (χ4n) is 3.74. The number of pyridine rings is 1. The van der Waals surface area contributed by atoms with E-state index < -0.39 is 6.10 Å². The molecule has 2 atom stereocenters. The Kier molecular flexibility index (Phi) is 4.47. The Balaban J connectivity index is 1.48. The normalized spacial score (nSPS) is 21.5. The highest BCUT2D eigenvalue weighted by atomic mass is 19.1. The summed E-state index contributed by atoms with van der Waals surface area (Å²) in [6.45, 7) is 1.91. The molecule has 2 heterocycles. The van der Waals surface area contributed by atoms with Crippen molar-refractivity contribution in [2.75, 3.05) is 13.1 Å². The molecule has 1 fully saturated rings.